The highest BCUT2D eigenvalue weighted by atomic mass is 16.4. The number of carboxylic acids is 1. The van der Waals surface area contributed by atoms with E-state index in [1.54, 1.807) is 0 Å². The van der Waals surface area contributed by atoms with Crippen molar-refractivity contribution in [2.24, 2.45) is 11.8 Å². The molecule has 0 aliphatic heterocycles. The van der Waals surface area contributed by atoms with Crippen LogP contribution in [0.2, 0.25) is 0 Å². The zero-order valence-electron chi connectivity index (χ0n) is 11.3. The molecule has 2 nitrogen and oxygen atoms in total. The Bertz CT molecular complexity index is 207. The van der Waals surface area contributed by atoms with Crippen LogP contribution in [-0.4, -0.2) is 11.1 Å². The van der Waals surface area contributed by atoms with Crippen LogP contribution in [0.1, 0.15) is 77.6 Å². The maximum Gasteiger partial charge on any atom is 0.306 e. The normalized spacial score (nSPS) is 19.1. The van der Waals surface area contributed by atoms with E-state index in [4.69, 9.17) is 5.11 Å². The zero-order chi connectivity index (χ0) is 12.5. The quantitative estimate of drug-likeness (QED) is 0.628. The van der Waals surface area contributed by atoms with Crippen molar-refractivity contribution >= 4 is 5.97 Å². The van der Waals surface area contributed by atoms with Gasteiger partial charge in [0.2, 0.25) is 0 Å². The number of carboxylic acid groups (broad SMARTS) is 1. The van der Waals surface area contributed by atoms with Gasteiger partial charge >= 0.3 is 5.97 Å². The molecule has 1 rings (SSSR count). The largest absolute Gasteiger partial charge is 0.481 e. The van der Waals surface area contributed by atoms with E-state index in [9.17, 15) is 4.79 Å². The van der Waals surface area contributed by atoms with Gasteiger partial charge in [-0.25, -0.2) is 0 Å². The van der Waals surface area contributed by atoms with Crippen LogP contribution in [-0.2, 0) is 4.79 Å². The predicted molar refractivity (Wildman–Crippen MR) is 71.1 cm³/mol. The number of unbranched alkanes of at least 4 members (excludes halogenated alkanes) is 2. The first kappa shape index (κ1) is 14.5. The van der Waals surface area contributed by atoms with Gasteiger partial charge in [-0.05, 0) is 18.8 Å². The van der Waals surface area contributed by atoms with Gasteiger partial charge in [0.25, 0.3) is 0 Å². The fraction of sp³-hybridized carbons (Fsp3) is 0.933. The third-order valence-electron chi connectivity index (χ3n) is 4.23. The average molecular weight is 240 g/mol. The van der Waals surface area contributed by atoms with Crippen molar-refractivity contribution in [2.45, 2.75) is 77.6 Å². The second-order valence-corrected chi connectivity index (χ2v) is 5.59. The van der Waals surface area contributed by atoms with Crippen LogP contribution in [0.15, 0.2) is 0 Å². The van der Waals surface area contributed by atoms with Crippen molar-refractivity contribution in [3.05, 3.63) is 0 Å². The Hall–Kier alpha value is -0.530. The number of carbonyl (C=O) groups is 1. The molecule has 1 fully saturated rings. The molecule has 2 heteroatoms. The van der Waals surface area contributed by atoms with Crippen molar-refractivity contribution in [3.63, 3.8) is 0 Å². The molecule has 0 saturated heterocycles. The van der Waals surface area contributed by atoms with E-state index >= 15 is 0 Å². The minimum absolute atomic E-state index is 0.107. The van der Waals surface area contributed by atoms with Crippen molar-refractivity contribution in [3.8, 4) is 0 Å². The van der Waals surface area contributed by atoms with Gasteiger partial charge < -0.3 is 5.11 Å². The van der Waals surface area contributed by atoms with Crippen molar-refractivity contribution in [1.29, 1.82) is 0 Å². The Kier molecular flexibility index (Phi) is 7.30. The number of aliphatic carboxylic acids is 1. The lowest BCUT2D eigenvalue weighted by Crippen LogP contribution is -2.12. The molecule has 0 spiro atoms. The molecule has 0 aromatic carbocycles. The molecule has 0 aromatic heterocycles. The summed E-state index contributed by atoms with van der Waals surface area (Å²) in [5, 5.41) is 8.93. The monoisotopic (exact) mass is 240 g/mol. The molecule has 0 radical (unpaired) electrons. The summed E-state index contributed by atoms with van der Waals surface area (Å²) in [6.45, 7) is 1.97. The van der Waals surface area contributed by atoms with Crippen LogP contribution >= 0.6 is 0 Å². The molecular weight excluding hydrogens is 212 g/mol. The lowest BCUT2D eigenvalue weighted by atomic mass is 9.85. The number of rotatable bonds is 8. The van der Waals surface area contributed by atoms with Gasteiger partial charge in [-0.15, -0.1) is 0 Å². The fourth-order valence-corrected chi connectivity index (χ4v) is 2.98. The van der Waals surface area contributed by atoms with Gasteiger partial charge in [-0.3, -0.25) is 4.79 Å². The van der Waals surface area contributed by atoms with E-state index in [1.807, 2.05) is 6.92 Å². The molecule has 1 N–H and O–H groups in total. The first-order chi connectivity index (χ1) is 8.24. The predicted octanol–water partition coefficient (Wildman–Crippen LogP) is 4.63. The smallest absolute Gasteiger partial charge is 0.306 e. The maximum absolute atomic E-state index is 10.8. The molecule has 0 heterocycles. The molecular formula is C15H28O2. The summed E-state index contributed by atoms with van der Waals surface area (Å²) in [7, 11) is 0. The highest BCUT2D eigenvalue weighted by Gasteiger charge is 2.15. The van der Waals surface area contributed by atoms with Crippen LogP contribution in [0.3, 0.4) is 0 Å². The van der Waals surface area contributed by atoms with Crippen LogP contribution < -0.4 is 0 Å². The summed E-state index contributed by atoms with van der Waals surface area (Å²) in [6, 6.07) is 0. The average Bonchev–Trinajstić information content (AvgIpc) is 2.34. The van der Waals surface area contributed by atoms with Crippen molar-refractivity contribution in [1.82, 2.24) is 0 Å². The third-order valence-corrected chi connectivity index (χ3v) is 4.23. The summed E-state index contributed by atoms with van der Waals surface area (Å²) < 4.78 is 0. The van der Waals surface area contributed by atoms with Gasteiger partial charge in [0.05, 0.1) is 5.92 Å². The molecule has 17 heavy (non-hydrogen) atoms. The summed E-state index contributed by atoms with van der Waals surface area (Å²) in [6.07, 6.45) is 13.8. The maximum atomic E-state index is 10.8. The zero-order valence-corrected chi connectivity index (χ0v) is 11.3. The van der Waals surface area contributed by atoms with Gasteiger partial charge in [0, 0.05) is 0 Å². The highest BCUT2D eigenvalue weighted by Crippen LogP contribution is 2.28. The SMILES string of the molecule is CCC(CCCCCC1CCCCC1)C(=O)O. The molecule has 1 unspecified atom stereocenters. The third kappa shape index (κ3) is 6.09. The van der Waals surface area contributed by atoms with E-state index in [1.165, 1.54) is 51.4 Å². The lowest BCUT2D eigenvalue weighted by Gasteiger charge is -2.21. The van der Waals surface area contributed by atoms with Crippen LogP contribution in [0.25, 0.3) is 0 Å². The van der Waals surface area contributed by atoms with Crippen molar-refractivity contribution in [2.75, 3.05) is 0 Å². The second-order valence-electron chi connectivity index (χ2n) is 5.59. The fourth-order valence-electron chi connectivity index (χ4n) is 2.98. The molecule has 0 amide bonds. The van der Waals surface area contributed by atoms with E-state index in [-0.39, 0.29) is 5.92 Å². The Balaban J connectivity index is 1.98. The van der Waals surface area contributed by atoms with Crippen LogP contribution in [0, 0.1) is 11.8 Å². The van der Waals surface area contributed by atoms with Gasteiger partial charge in [0.1, 0.15) is 0 Å². The second kappa shape index (κ2) is 8.54. The molecule has 1 atom stereocenters. The Morgan fingerprint density at radius 2 is 1.88 bits per heavy atom. The summed E-state index contributed by atoms with van der Waals surface area (Å²) in [5.41, 5.74) is 0. The van der Waals surface area contributed by atoms with E-state index in [0.29, 0.717) is 0 Å². The van der Waals surface area contributed by atoms with Gasteiger partial charge in [-0.2, -0.15) is 0 Å². The molecule has 0 bridgehead atoms. The van der Waals surface area contributed by atoms with E-state index < -0.39 is 5.97 Å². The minimum atomic E-state index is -0.611. The first-order valence-electron chi connectivity index (χ1n) is 7.46. The summed E-state index contributed by atoms with van der Waals surface area (Å²) in [4.78, 5) is 10.8. The minimum Gasteiger partial charge on any atom is -0.481 e. The Morgan fingerprint density at radius 1 is 1.18 bits per heavy atom. The standard InChI is InChI=1S/C15H28O2/c1-2-14(15(16)17)12-8-4-7-11-13-9-5-3-6-10-13/h13-14H,2-12H2,1H3,(H,16,17). The Labute approximate surface area is 106 Å². The Morgan fingerprint density at radius 3 is 2.47 bits per heavy atom. The molecule has 0 aromatic rings. The molecule has 1 aliphatic carbocycles. The molecule has 1 saturated carbocycles. The van der Waals surface area contributed by atoms with E-state index in [0.717, 1.165) is 25.2 Å². The van der Waals surface area contributed by atoms with Crippen molar-refractivity contribution < 1.29 is 9.90 Å². The topological polar surface area (TPSA) is 37.3 Å². The molecule has 1 aliphatic rings. The lowest BCUT2D eigenvalue weighted by molar-refractivity contribution is -0.142. The van der Waals surface area contributed by atoms with Crippen LogP contribution in [0.5, 0.6) is 0 Å². The van der Waals surface area contributed by atoms with E-state index in [2.05, 4.69) is 0 Å². The first-order valence-corrected chi connectivity index (χ1v) is 7.46. The summed E-state index contributed by atoms with van der Waals surface area (Å²) in [5.74, 6) is 0.259. The highest BCUT2D eigenvalue weighted by molar-refractivity contribution is 5.69. The van der Waals surface area contributed by atoms with Gasteiger partial charge in [-0.1, -0.05) is 64.7 Å². The van der Waals surface area contributed by atoms with Gasteiger partial charge in [0.15, 0.2) is 0 Å². The number of hydrogen-bond donors (Lipinski definition) is 1. The summed E-state index contributed by atoms with van der Waals surface area (Å²) >= 11 is 0. The van der Waals surface area contributed by atoms with Crippen LogP contribution in [0.4, 0.5) is 0 Å². The molecule has 100 valence electrons. The number of hydrogen-bond acceptors (Lipinski definition) is 1.